The van der Waals surface area contributed by atoms with Crippen molar-refractivity contribution < 1.29 is 14.3 Å². The van der Waals surface area contributed by atoms with E-state index in [9.17, 15) is 9.59 Å². The molecule has 2 heterocycles. The third kappa shape index (κ3) is 4.62. The third-order valence-electron chi connectivity index (χ3n) is 6.64. The molecular weight excluding hydrogens is 482 g/mol. The topological polar surface area (TPSA) is 71.0 Å². The summed E-state index contributed by atoms with van der Waals surface area (Å²) in [4.78, 5) is 32.7. The molecule has 5 rings (SSSR count). The number of nitrogens with zero attached hydrogens (tertiary/aromatic N) is 2. The summed E-state index contributed by atoms with van der Waals surface area (Å²) in [6.45, 7) is 1.81. The predicted octanol–water partition coefficient (Wildman–Crippen LogP) is 5.67. The van der Waals surface area contributed by atoms with Gasteiger partial charge in [-0.1, -0.05) is 59.8 Å². The van der Waals surface area contributed by atoms with E-state index in [2.05, 4.69) is 22.4 Å². The molecule has 0 spiro atoms. The number of aliphatic imine (C=N–C) groups is 1. The Morgan fingerprint density at radius 1 is 1.20 bits per heavy atom. The number of aryl methyl sites for hydroxylation is 1. The SMILES string of the molecule is COC(=O)C1=C(C)N=C2SC=C(CC(=O)NC3CCCc4ccccc43)N2C1c1ccc(Cl)cc1. The van der Waals surface area contributed by atoms with Gasteiger partial charge in [0.15, 0.2) is 5.17 Å². The summed E-state index contributed by atoms with van der Waals surface area (Å²) in [5.41, 5.74) is 5.23. The maximum Gasteiger partial charge on any atom is 0.338 e. The standard InChI is InChI=1S/C27H26ClN3O3S/c1-16-24(26(33)34-2)25(18-10-12-19(28)13-11-18)31-20(15-35-27(31)29-16)14-23(32)30-22-9-5-7-17-6-3-4-8-21(17)22/h3-4,6,8,10-13,15,22,25H,5,7,9,14H2,1-2H3,(H,30,32). The number of esters is 1. The molecule has 2 aliphatic heterocycles. The van der Waals surface area contributed by atoms with Crippen LogP contribution in [-0.4, -0.2) is 29.1 Å². The van der Waals surface area contributed by atoms with Gasteiger partial charge < -0.3 is 15.0 Å². The van der Waals surface area contributed by atoms with Gasteiger partial charge in [0.2, 0.25) is 5.91 Å². The van der Waals surface area contributed by atoms with E-state index in [-0.39, 0.29) is 18.4 Å². The normalized spacial score (nSPS) is 21.1. The smallest absolute Gasteiger partial charge is 0.338 e. The number of fused-ring (bicyclic) bond motifs is 2. The molecule has 0 fully saturated rings. The Bertz CT molecular complexity index is 1270. The second kappa shape index (κ2) is 9.91. The fourth-order valence-corrected chi connectivity index (χ4v) is 6.11. The molecule has 1 N–H and O–H groups in total. The average Bonchev–Trinajstić information content (AvgIpc) is 3.25. The van der Waals surface area contributed by atoms with E-state index in [0.29, 0.717) is 16.3 Å². The van der Waals surface area contributed by atoms with Gasteiger partial charge in [0, 0.05) is 10.7 Å². The largest absolute Gasteiger partial charge is 0.466 e. The number of allylic oxidation sites excluding steroid dienone is 1. The number of nitrogens with one attached hydrogen (secondary N) is 1. The number of hydrogen-bond donors (Lipinski definition) is 1. The van der Waals surface area contributed by atoms with Gasteiger partial charge in [-0.05, 0) is 60.4 Å². The molecule has 35 heavy (non-hydrogen) atoms. The van der Waals surface area contributed by atoms with Gasteiger partial charge in [0.1, 0.15) is 0 Å². The van der Waals surface area contributed by atoms with Crippen molar-refractivity contribution in [2.45, 2.75) is 44.7 Å². The number of amides is 1. The van der Waals surface area contributed by atoms with E-state index in [1.54, 1.807) is 12.1 Å². The summed E-state index contributed by atoms with van der Waals surface area (Å²) in [5, 5.41) is 6.53. The molecule has 0 saturated carbocycles. The zero-order chi connectivity index (χ0) is 24.5. The van der Waals surface area contributed by atoms with Crippen LogP contribution in [0.15, 0.2) is 75.9 Å². The quantitative estimate of drug-likeness (QED) is 0.528. The number of thioether (sulfide) groups is 1. The van der Waals surface area contributed by atoms with E-state index in [1.165, 1.54) is 30.0 Å². The van der Waals surface area contributed by atoms with Crippen molar-refractivity contribution in [2.75, 3.05) is 7.11 Å². The van der Waals surface area contributed by atoms with Gasteiger partial charge in [0.05, 0.1) is 36.9 Å². The van der Waals surface area contributed by atoms with Crippen molar-refractivity contribution in [3.8, 4) is 0 Å². The van der Waals surface area contributed by atoms with E-state index in [4.69, 9.17) is 16.3 Å². The highest BCUT2D eigenvalue weighted by atomic mass is 35.5. The highest BCUT2D eigenvalue weighted by Crippen LogP contribution is 2.45. The Balaban J connectivity index is 1.42. The molecular formula is C27H26ClN3O3S. The molecule has 0 bridgehead atoms. The molecule has 1 aliphatic carbocycles. The van der Waals surface area contributed by atoms with Crippen molar-refractivity contribution >= 4 is 40.4 Å². The van der Waals surface area contributed by atoms with Crippen LogP contribution in [0.5, 0.6) is 0 Å². The Hall–Kier alpha value is -3.03. The monoisotopic (exact) mass is 507 g/mol. The van der Waals surface area contributed by atoms with Crippen molar-refractivity contribution in [2.24, 2.45) is 4.99 Å². The van der Waals surface area contributed by atoms with Crippen LogP contribution in [-0.2, 0) is 20.7 Å². The van der Waals surface area contributed by atoms with E-state index in [0.717, 1.165) is 35.7 Å². The Labute approximate surface area is 214 Å². The minimum atomic E-state index is -0.461. The number of benzene rings is 2. The number of ether oxygens (including phenoxy) is 1. The summed E-state index contributed by atoms with van der Waals surface area (Å²) in [7, 11) is 1.37. The summed E-state index contributed by atoms with van der Waals surface area (Å²) in [6, 6.07) is 15.2. The van der Waals surface area contributed by atoms with Crippen LogP contribution in [0.1, 0.15) is 55.0 Å². The van der Waals surface area contributed by atoms with Crippen LogP contribution in [0.3, 0.4) is 0 Å². The molecule has 180 valence electrons. The maximum absolute atomic E-state index is 13.2. The third-order valence-corrected chi connectivity index (χ3v) is 7.78. The molecule has 2 aromatic carbocycles. The van der Waals surface area contributed by atoms with Gasteiger partial charge in [-0.3, -0.25) is 4.79 Å². The van der Waals surface area contributed by atoms with Gasteiger partial charge in [-0.2, -0.15) is 0 Å². The predicted molar refractivity (Wildman–Crippen MR) is 139 cm³/mol. The fourth-order valence-electron chi connectivity index (χ4n) is 5.01. The van der Waals surface area contributed by atoms with Gasteiger partial charge >= 0.3 is 5.97 Å². The Kier molecular flexibility index (Phi) is 6.71. The van der Waals surface area contributed by atoms with Gasteiger partial charge in [-0.15, -0.1) is 0 Å². The van der Waals surface area contributed by atoms with Crippen LogP contribution >= 0.6 is 23.4 Å². The summed E-state index contributed by atoms with van der Waals surface area (Å²) in [6.07, 6.45) is 3.20. The average molecular weight is 508 g/mol. The zero-order valence-corrected chi connectivity index (χ0v) is 21.2. The molecule has 0 radical (unpaired) electrons. The van der Waals surface area contributed by atoms with Crippen molar-refractivity contribution in [3.63, 3.8) is 0 Å². The summed E-state index contributed by atoms with van der Waals surface area (Å²) >= 11 is 7.59. The zero-order valence-electron chi connectivity index (χ0n) is 19.6. The number of amidine groups is 1. The maximum atomic E-state index is 13.2. The first-order valence-corrected chi connectivity index (χ1v) is 12.9. The van der Waals surface area contributed by atoms with Crippen LogP contribution < -0.4 is 5.32 Å². The Morgan fingerprint density at radius 2 is 1.97 bits per heavy atom. The highest BCUT2D eigenvalue weighted by Gasteiger charge is 2.41. The lowest BCUT2D eigenvalue weighted by molar-refractivity contribution is -0.136. The molecule has 0 saturated heterocycles. The van der Waals surface area contributed by atoms with Crippen molar-refractivity contribution in [1.82, 2.24) is 10.2 Å². The number of carbonyl (C=O) groups is 2. The first-order chi connectivity index (χ1) is 17.0. The minimum Gasteiger partial charge on any atom is -0.466 e. The lowest BCUT2D eigenvalue weighted by Gasteiger charge is -2.36. The molecule has 8 heteroatoms. The summed E-state index contributed by atoms with van der Waals surface area (Å²) in [5.74, 6) is -0.495. The number of halogens is 1. The van der Waals surface area contributed by atoms with E-state index < -0.39 is 12.0 Å². The number of rotatable bonds is 5. The van der Waals surface area contributed by atoms with Crippen LogP contribution in [0.4, 0.5) is 0 Å². The first kappa shape index (κ1) is 23.7. The van der Waals surface area contributed by atoms with Gasteiger partial charge in [0.25, 0.3) is 0 Å². The molecule has 3 aliphatic rings. The molecule has 2 unspecified atom stereocenters. The first-order valence-electron chi connectivity index (χ1n) is 11.6. The number of methoxy groups -OCH3 is 1. The van der Waals surface area contributed by atoms with Crippen molar-refractivity contribution in [3.05, 3.63) is 92.6 Å². The fraction of sp³-hybridized carbons (Fsp3) is 0.296. The summed E-state index contributed by atoms with van der Waals surface area (Å²) < 4.78 is 5.11. The lowest BCUT2D eigenvalue weighted by atomic mass is 9.87. The molecule has 0 aromatic heterocycles. The second-order valence-electron chi connectivity index (χ2n) is 8.82. The van der Waals surface area contributed by atoms with Crippen LogP contribution in [0.2, 0.25) is 5.02 Å². The highest BCUT2D eigenvalue weighted by molar-refractivity contribution is 8.16. The van der Waals surface area contributed by atoms with Crippen LogP contribution in [0, 0.1) is 0 Å². The lowest BCUT2D eigenvalue weighted by Crippen LogP contribution is -2.38. The Morgan fingerprint density at radius 3 is 2.74 bits per heavy atom. The number of hydrogen-bond acceptors (Lipinski definition) is 6. The molecule has 1 amide bonds. The van der Waals surface area contributed by atoms with Crippen molar-refractivity contribution in [1.29, 1.82) is 0 Å². The number of carbonyl (C=O) groups excluding carboxylic acids is 2. The molecule has 2 atom stereocenters. The van der Waals surface area contributed by atoms with Crippen LogP contribution in [0.25, 0.3) is 0 Å². The molecule has 2 aromatic rings. The second-order valence-corrected chi connectivity index (χ2v) is 10.1. The van der Waals surface area contributed by atoms with E-state index >= 15 is 0 Å². The van der Waals surface area contributed by atoms with Gasteiger partial charge in [-0.25, -0.2) is 9.79 Å². The van der Waals surface area contributed by atoms with E-state index in [1.807, 2.05) is 41.5 Å². The minimum absolute atomic E-state index is 0.0106. The molecule has 6 nitrogen and oxygen atoms in total.